The first-order valence-corrected chi connectivity index (χ1v) is 18.5. The maximum Gasteiger partial charge on any atom is 0.303 e. The summed E-state index contributed by atoms with van der Waals surface area (Å²) in [6, 6.07) is 0. The molecule has 268 valence electrons. The van der Waals surface area contributed by atoms with Gasteiger partial charge in [-0.2, -0.15) is 0 Å². The van der Waals surface area contributed by atoms with Gasteiger partial charge in [0.25, 0.3) is 0 Å². The van der Waals surface area contributed by atoms with Crippen molar-refractivity contribution < 1.29 is 47.5 Å². The monoisotopic (exact) mass is 672 g/mol. The molecule has 0 radical (unpaired) electrons. The lowest BCUT2D eigenvalue weighted by Gasteiger charge is -2.58. The van der Waals surface area contributed by atoms with Crippen molar-refractivity contribution in [2.45, 2.75) is 149 Å². The molecule has 3 heterocycles. The first kappa shape index (κ1) is 34.4. The highest BCUT2D eigenvalue weighted by Gasteiger charge is 2.68. The largest absolute Gasteiger partial charge is 0.463 e. The number of carbonyl (C=O) groups excluding carboxylic acids is 3. The quantitative estimate of drug-likeness (QED) is 0.192. The van der Waals surface area contributed by atoms with Crippen molar-refractivity contribution in [3.63, 3.8) is 0 Å². The number of rotatable bonds is 6. The molecule has 15 atom stereocenters. The molecule has 3 saturated carbocycles. The van der Waals surface area contributed by atoms with Crippen LogP contribution in [0.5, 0.6) is 0 Å². The molecule has 0 aromatic rings. The normalized spacial score (nSPS) is 49.3. The summed E-state index contributed by atoms with van der Waals surface area (Å²) in [5.41, 5.74) is 1.85. The van der Waals surface area contributed by atoms with Crippen LogP contribution in [0.25, 0.3) is 0 Å². The van der Waals surface area contributed by atoms with Crippen LogP contribution in [-0.2, 0) is 47.5 Å². The third-order valence-corrected chi connectivity index (χ3v) is 14.0. The molecule has 7 rings (SSSR count). The van der Waals surface area contributed by atoms with Gasteiger partial charge in [0.2, 0.25) is 0 Å². The number of fused-ring (bicyclic) bond motifs is 7. The Hall–Kier alpha value is -2.01. The van der Waals surface area contributed by atoms with Crippen LogP contribution in [0.2, 0.25) is 0 Å². The van der Waals surface area contributed by atoms with Crippen LogP contribution in [0.1, 0.15) is 106 Å². The maximum atomic E-state index is 12.1. The average molecular weight is 673 g/mol. The first-order chi connectivity index (χ1) is 22.7. The van der Waals surface area contributed by atoms with Gasteiger partial charge in [-0.1, -0.05) is 39.3 Å². The van der Waals surface area contributed by atoms with Crippen molar-refractivity contribution in [2.24, 2.45) is 46.3 Å². The molecular formula is C38H56O10. The molecule has 0 aromatic heterocycles. The van der Waals surface area contributed by atoms with E-state index in [1.807, 2.05) is 0 Å². The van der Waals surface area contributed by atoms with Gasteiger partial charge >= 0.3 is 17.9 Å². The van der Waals surface area contributed by atoms with Gasteiger partial charge in [-0.15, -0.1) is 0 Å². The van der Waals surface area contributed by atoms with Crippen molar-refractivity contribution in [2.75, 3.05) is 13.2 Å². The van der Waals surface area contributed by atoms with Crippen molar-refractivity contribution in [3.8, 4) is 0 Å². The summed E-state index contributed by atoms with van der Waals surface area (Å²) in [7, 11) is 0. The molecular weight excluding hydrogens is 616 g/mol. The number of hydrogen-bond donors (Lipinski definition) is 0. The second kappa shape index (κ2) is 12.6. The molecule has 0 unspecified atom stereocenters. The van der Waals surface area contributed by atoms with E-state index in [9.17, 15) is 14.4 Å². The Labute approximate surface area is 285 Å². The summed E-state index contributed by atoms with van der Waals surface area (Å²) in [6.45, 7) is 14.3. The smallest absolute Gasteiger partial charge is 0.303 e. The molecule has 10 heteroatoms. The second-order valence-corrected chi connectivity index (χ2v) is 16.8. The number of hydrogen-bond acceptors (Lipinski definition) is 10. The predicted octanol–water partition coefficient (Wildman–Crippen LogP) is 5.89. The standard InChI is InChI=1S/C38H56O10/c1-20-10-15-38(43-18-20)21(2)32-30(48-38)17-29-27-9-8-25-16-26(11-13-36(25,6)28(27)12-14-37(29,32)7)46-35-34(45-24(5)41)33(44-23(4)40)31(47-35)19-42-22(3)39/h8,20-21,26-35H,9-19H2,1-7H3/t20-,21+,26+,27-,28+,29+,30+,31+,32+,33+,34+,35+,36+,37+,38-/m1/s1. The molecule has 6 fully saturated rings. The van der Waals surface area contributed by atoms with E-state index in [4.69, 9.17) is 33.2 Å². The molecule has 1 spiro atoms. The molecule has 0 N–H and O–H groups in total. The fourth-order valence-corrected chi connectivity index (χ4v) is 11.7. The SMILES string of the molecule is CC(=O)OC[C@@H]1O[C@H](O[C@H]2CC[C@@]3(C)C(=CC[C@H]4[C@@H]5C[C@@H]6O[C@]7(CC[C@@H](C)CO7)[C@@H](C)[C@@H]6[C@@]5(C)CC[C@@H]43)C2)[C@@H](OC(C)=O)[C@H]1OC(C)=O. The van der Waals surface area contributed by atoms with Gasteiger partial charge in [-0.3, -0.25) is 14.4 Å². The molecule has 0 amide bonds. The highest BCUT2D eigenvalue weighted by Crippen LogP contribution is 2.70. The van der Waals surface area contributed by atoms with Crippen LogP contribution in [0, 0.1) is 46.3 Å². The molecule has 3 aliphatic heterocycles. The Morgan fingerprint density at radius 3 is 2.35 bits per heavy atom. The van der Waals surface area contributed by atoms with E-state index in [1.165, 1.54) is 45.6 Å². The Morgan fingerprint density at radius 1 is 0.917 bits per heavy atom. The molecule has 48 heavy (non-hydrogen) atoms. The zero-order valence-corrected chi connectivity index (χ0v) is 29.9. The highest BCUT2D eigenvalue weighted by molar-refractivity contribution is 5.68. The highest BCUT2D eigenvalue weighted by atomic mass is 16.7. The lowest BCUT2D eigenvalue weighted by molar-refractivity contribution is -0.272. The number of allylic oxidation sites excluding steroid dienone is 1. The van der Waals surface area contributed by atoms with E-state index >= 15 is 0 Å². The third kappa shape index (κ3) is 5.74. The van der Waals surface area contributed by atoms with Gasteiger partial charge < -0.3 is 33.2 Å². The summed E-state index contributed by atoms with van der Waals surface area (Å²) >= 11 is 0. The minimum absolute atomic E-state index is 0.113. The molecule has 7 aliphatic rings. The van der Waals surface area contributed by atoms with E-state index in [-0.39, 0.29) is 29.3 Å². The topological polar surface area (TPSA) is 116 Å². The van der Waals surface area contributed by atoms with Crippen molar-refractivity contribution in [3.05, 3.63) is 11.6 Å². The Morgan fingerprint density at radius 2 is 1.67 bits per heavy atom. The fourth-order valence-electron chi connectivity index (χ4n) is 11.7. The molecule has 4 aliphatic carbocycles. The Balaban J connectivity index is 1.05. The third-order valence-electron chi connectivity index (χ3n) is 14.0. The molecule has 0 aromatic carbocycles. The van der Waals surface area contributed by atoms with Crippen LogP contribution in [0.15, 0.2) is 11.6 Å². The average Bonchev–Trinajstić information content (AvgIpc) is 3.59. The second-order valence-electron chi connectivity index (χ2n) is 16.8. The van der Waals surface area contributed by atoms with Crippen LogP contribution in [0.3, 0.4) is 0 Å². The van der Waals surface area contributed by atoms with Gasteiger partial charge in [0.15, 0.2) is 24.3 Å². The van der Waals surface area contributed by atoms with Crippen LogP contribution < -0.4 is 0 Å². The summed E-state index contributed by atoms with van der Waals surface area (Å²) in [5.74, 6) is 1.57. The number of carbonyl (C=O) groups is 3. The van der Waals surface area contributed by atoms with Crippen molar-refractivity contribution >= 4 is 17.9 Å². The van der Waals surface area contributed by atoms with Crippen LogP contribution >= 0.6 is 0 Å². The predicted molar refractivity (Wildman–Crippen MR) is 173 cm³/mol. The zero-order valence-electron chi connectivity index (χ0n) is 29.9. The minimum Gasteiger partial charge on any atom is -0.463 e. The first-order valence-electron chi connectivity index (χ1n) is 18.5. The van der Waals surface area contributed by atoms with Gasteiger partial charge in [0.05, 0.1) is 18.8 Å². The van der Waals surface area contributed by atoms with Crippen molar-refractivity contribution in [1.82, 2.24) is 0 Å². The van der Waals surface area contributed by atoms with Gasteiger partial charge in [0, 0.05) is 33.1 Å². The Bertz CT molecular complexity index is 1300. The summed E-state index contributed by atoms with van der Waals surface area (Å²) in [6.07, 6.45) is 8.56. The molecule has 0 bridgehead atoms. The lowest BCUT2D eigenvalue weighted by Crippen LogP contribution is -2.52. The zero-order chi connectivity index (χ0) is 34.2. The summed E-state index contributed by atoms with van der Waals surface area (Å²) < 4.78 is 42.5. The van der Waals surface area contributed by atoms with Crippen molar-refractivity contribution in [1.29, 1.82) is 0 Å². The van der Waals surface area contributed by atoms with Gasteiger partial charge in [-0.05, 0) is 91.8 Å². The Kier molecular flexibility index (Phi) is 9.07. The molecule has 3 saturated heterocycles. The number of esters is 3. The van der Waals surface area contributed by atoms with E-state index in [2.05, 4.69) is 33.8 Å². The van der Waals surface area contributed by atoms with Gasteiger partial charge in [-0.25, -0.2) is 0 Å². The number of ether oxygens (including phenoxy) is 7. The van der Waals surface area contributed by atoms with E-state index in [1.54, 1.807) is 0 Å². The van der Waals surface area contributed by atoms with E-state index in [0.29, 0.717) is 41.6 Å². The summed E-state index contributed by atoms with van der Waals surface area (Å²) in [4.78, 5) is 35.6. The maximum absolute atomic E-state index is 12.1. The van der Waals surface area contributed by atoms with Crippen LogP contribution in [0.4, 0.5) is 0 Å². The lowest BCUT2D eigenvalue weighted by atomic mass is 9.47. The molecule has 10 nitrogen and oxygen atoms in total. The van der Waals surface area contributed by atoms with E-state index < -0.39 is 42.5 Å². The minimum atomic E-state index is -0.964. The van der Waals surface area contributed by atoms with E-state index in [0.717, 1.165) is 45.1 Å². The van der Waals surface area contributed by atoms with Gasteiger partial charge in [0.1, 0.15) is 12.7 Å². The summed E-state index contributed by atoms with van der Waals surface area (Å²) in [5, 5.41) is 0. The fraction of sp³-hybridized carbons (Fsp3) is 0.868. The van der Waals surface area contributed by atoms with Crippen LogP contribution in [-0.4, -0.2) is 73.7 Å².